The minimum atomic E-state index is -0.570. The summed E-state index contributed by atoms with van der Waals surface area (Å²) in [5, 5.41) is 0.581. The Morgan fingerprint density at radius 1 is 0.875 bits per heavy atom. The van der Waals surface area contributed by atoms with E-state index in [1.54, 1.807) is 24.3 Å². The summed E-state index contributed by atoms with van der Waals surface area (Å²) >= 11 is 0. The Hall–Kier alpha value is -2.17. The normalized spacial score (nSPS) is 13.3. The molecule has 0 N–H and O–H groups in total. The number of hydrogen-bond acceptors (Lipinski definition) is 4. The van der Waals surface area contributed by atoms with E-state index in [1.165, 1.54) is 32.1 Å². The Morgan fingerprint density at radius 3 is 1.92 bits per heavy atom. The van der Waals surface area contributed by atoms with Crippen molar-refractivity contribution in [1.29, 1.82) is 0 Å². The van der Waals surface area contributed by atoms with Crippen molar-refractivity contribution in [3.63, 3.8) is 0 Å². The van der Waals surface area contributed by atoms with E-state index in [9.17, 15) is 14.4 Å². The van der Waals surface area contributed by atoms with Crippen LogP contribution in [0.5, 0.6) is 0 Å². The van der Waals surface area contributed by atoms with Gasteiger partial charge < -0.3 is 4.84 Å². The van der Waals surface area contributed by atoms with Crippen LogP contribution in [-0.2, 0) is 9.63 Å². The summed E-state index contributed by atoms with van der Waals surface area (Å²) in [4.78, 5) is 41.0. The molecule has 0 aromatic heterocycles. The molecule has 0 unspecified atom stereocenters. The van der Waals surface area contributed by atoms with Crippen molar-refractivity contribution in [3.8, 4) is 0 Å². The van der Waals surface area contributed by atoms with E-state index in [0.717, 1.165) is 19.3 Å². The van der Waals surface area contributed by atoms with Gasteiger partial charge >= 0.3 is 5.97 Å². The quantitative estimate of drug-likeness (QED) is 0.474. The Morgan fingerprint density at radius 2 is 1.38 bits per heavy atom. The first kappa shape index (κ1) is 18.2. The van der Waals surface area contributed by atoms with Crippen molar-refractivity contribution in [2.45, 2.75) is 64.7 Å². The summed E-state index contributed by atoms with van der Waals surface area (Å²) < 4.78 is 0. The van der Waals surface area contributed by atoms with Crippen molar-refractivity contribution in [1.82, 2.24) is 5.06 Å². The van der Waals surface area contributed by atoms with Gasteiger partial charge in [-0.1, -0.05) is 69.1 Å². The molecule has 0 aliphatic carbocycles. The number of rotatable bonds is 10. The van der Waals surface area contributed by atoms with Crippen molar-refractivity contribution < 1.29 is 19.2 Å². The molecule has 1 aliphatic heterocycles. The minimum absolute atomic E-state index is 0.225. The molecule has 0 saturated heterocycles. The first-order valence-corrected chi connectivity index (χ1v) is 8.83. The van der Waals surface area contributed by atoms with Crippen LogP contribution >= 0.6 is 0 Å². The molecule has 1 heterocycles. The lowest BCUT2D eigenvalue weighted by atomic mass is 10.1. The highest BCUT2D eigenvalue weighted by Gasteiger charge is 2.38. The van der Waals surface area contributed by atoms with Crippen LogP contribution in [0.3, 0.4) is 0 Å². The molecule has 24 heavy (non-hydrogen) atoms. The highest BCUT2D eigenvalue weighted by molar-refractivity contribution is 6.20. The fourth-order valence-electron chi connectivity index (χ4n) is 2.80. The molecule has 130 valence electrons. The smallest absolute Gasteiger partial charge is 0.330 e. The highest BCUT2D eigenvalue weighted by atomic mass is 16.7. The second-order valence-electron chi connectivity index (χ2n) is 6.14. The number of hydroxylamine groups is 2. The summed E-state index contributed by atoms with van der Waals surface area (Å²) in [5.74, 6) is -1.67. The van der Waals surface area contributed by atoms with Gasteiger partial charge in [0, 0.05) is 6.42 Å². The molecule has 5 nitrogen and oxygen atoms in total. The molecule has 0 saturated carbocycles. The number of fused-ring (bicyclic) bond motifs is 1. The highest BCUT2D eigenvalue weighted by Crippen LogP contribution is 2.23. The van der Waals surface area contributed by atoms with Gasteiger partial charge in [-0.15, -0.1) is 0 Å². The molecule has 1 aliphatic rings. The Balaban J connectivity index is 1.67. The molecule has 0 atom stereocenters. The van der Waals surface area contributed by atoms with E-state index in [-0.39, 0.29) is 17.5 Å². The first-order chi connectivity index (χ1) is 11.6. The molecular weight excluding hydrogens is 306 g/mol. The van der Waals surface area contributed by atoms with E-state index in [0.29, 0.717) is 5.06 Å². The van der Waals surface area contributed by atoms with Crippen LogP contribution in [0.25, 0.3) is 0 Å². The summed E-state index contributed by atoms with van der Waals surface area (Å²) in [5.41, 5.74) is 0.560. The summed E-state index contributed by atoms with van der Waals surface area (Å²) in [7, 11) is 0. The monoisotopic (exact) mass is 331 g/mol. The minimum Gasteiger partial charge on any atom is -0.330 e. The maximum atomic E-state index is 12.1. The fraction of sp³-hybridized carbons (Fsp3) is 0.526. The number of hydrogen-bond donors (Lipinski definition) is 0. The Labute approximate surface area is 142 Å². The van der Waals surface area contributed by atoms with Crippen LogP contribution in [0.1, 0.15) is 85.4 Å². The summed E-state index contributed by atoms with van der Waals surface area (Å²) in [6.45, 7) is 2.19. The van der Waals surface area contributed by atoms with Gasteiger partial charge in [0.25, 0.3) is 11.8 Å². The first-order valence-electron chi connectivity index (χ1n) is 8.83. The number of unbranched alkanes of at least 4 members (excludes halogenated alkanes) is 7. The van der Waals surface area contributed by atoms with Crippen molar-refractivity contribution in [2.24, 2.45) is 0 Å². The largest absolute Gasteiger partial charge is 0.333 e. The van der Waals surface area contributed by atoms with E-state index in [4.69, 9.17) is 4.84 Å². The van der Waals surface area contributed by atoms with Crippen molar-refractivity contribution >= 4 is 17.8 Å². The average Bonchev–Trinajstić information content (AvgIpc) is 2.83. The van der Waals surface area contributed by atoms with E-state index >= 15 is 0 Å². The van der Waals surface area contributed by atoms with Gasteiger partial charge in [0.1, 0.15) is 0 Å². The standard InChI is InChI=1S/C19H25NO4/c1-2-3-4-5-6-7-8-9-14-17(21)24-20-18(22)15-12-10-11-13-16(15)19(20)23/h10-13H,2-9,14H2,1H3. The average molecular weight is 331 g/mol. The maximum Gasteiger partial charge on any atom is 0.333 e. The zero-order chi connectivity index (χ0) is 17.4. The van der Waals surface area contributed by atoms with Gasteiger partial charge in [0.2, 0.25) is 0 Å². The van der Waals surface area contributed by atoms with Gasteiger partial charge in [-0.25, -0.2) is 4.79 Å². The molecule has 2 amide bonds. The van der Waals surface area contributed by atoms with Crippen LogP contribution in [-0.4, -0.2) is 22.8 Å². The number of carbonyl (C=O) groups excluding carboxylic acids is 3. The molecule has 0 fully saturated rings. The second-order valence-corrected chi connectivity index (χ2v) is 6.14. The van der Waals surface area contributed by atoms with Crippen LogP contribution in [0.2, 0.25) is 0 Å². The molecular formula is C19H25NO4. The van der Waals surface area contributed by atoms with Gasteiger partial charge in [-0.2, -0.15) is 0 Å². The van der Waals surface area contributed by atoms with Gasteiger partial charge in [-0.3, -0.25) is 9.59 Å². The van der Waals surface area contributed by atoms with Crippen molar-refractivity contribution in [2.75, 3.05) is 0 Å². The number of carbonyl (C=O) groups is 3. The molecule has 2 rings (SSSR count). The Bertz CT molecular complexity index is 562. The number of nitrogens with zero attached hydrogens (tertiary/aromatic N) is 1. The zero-order valence-corrected chi connectivity index (χ0v) is 14.3. The van der Waals surface area contributed by atoms with Gasteiger partial charge in [0.05, 0.1) is 11.1 Å². The van der Waals surface area contributed by atoms with Gasteiger partial charge in [0.15, 0.2) is 0 Å². The lowest BCUT2D eigenvalue weighted by Crippen LogP contribution is -2.32. The van der Waals surface area contributed by atoms with E-state index < -0.39 is 17.8 Å². The number of benzene rings is 1. The molecule has 1 aromatic carbocycles. The third-order valence-corrected chi connectivity index (χ3v) is 4.18. The predicted molar refractivity (Wildman–Crippen MR) is 90.3 cm³/mol. The van der Waals surface area contributed by atoms with Crippen LogP contribution < -0.4 is 0 Å². The van der Waals surface area contributed by atoms with Crippen LogP contribution in [0.15, 0.2) is 24.3 Å². The molecule has 0 radical (unpaired) electrons. The second kappa shape index (κ2) is 9.21. The summed E-state index contributed by atoms with van der Waals surface area (Å²) in [6.07, 6.45) is 9.24. The van der Waals surface area contributed by atoms with E-state index in [2.05, 4.69) is 6.92 Å². The topological polar surface area (TPSA) is 63.7 Å². The van der Waals surface area contributed by atoms with Crippen molar-refractivity contribution in [3.05, 3.63) is 35.4 Å². The molecule has 0 bridgehead atoms. The predicted octanol–water partition coefficient (Wildman–Crippen LogP) is 4.27. The van der Waals surface area contributed by atoms with Gasteiger partial charge in [-0.05, 0) is 18.6 Å². The van der Waals surface area contributed by atoms with E-state index in [1.807, 2.05) is 0 Å². The summed E-state index contributed by atoms with van der Waals surface area (Å²) in [6, 6.07) is 6.47. The Kier molecular flexibility index (Phi) is 6.97. The number of amides is 2. The lowest BCUT2D eigenvalue weighted by molar-refractivity contribution is -0.168. The maximum absolute atomic E-state index is 12.1. The molecule has 1 aromatic rings. The molecule has 5 heteroatoms. The van der Waals surface area contributed by atoms with Crippen LogP contribution in [0, 0.1) is 0 Å². The lowest BCUT2D eigenvalue weighted by Gasteiger charge is -2.12. The number of imide groups is 1. The third-order valence-electron chi connectivity index (χ3n) is 4.18. The zero-order valence-electron chi connectivity index (χ0n) is 14.3. The van der Waals surface area contributed by atoms with Crippen LogP contribution in [0.4, 0.5) is 0 Å². The SMILES string of the molecule is CCCCCCCCCCC(=O)ON1C(=O)c2ccccc2C1=O. The third kappa shape index (κ3) is 4.66. The molecule has 0 spiro atoms. The fourth-order valence-corrected chi connectivity index (χ4v) is 2.80.